The molecule has 1 aromatic carbocycles. The number of nitrogens with zero attached hydrogens (tertiary/aromatic N) is 5. The van der Waals surface area contributed by atoms with E-state index in [0.717, 1.165) is 0 Å². The van der Waals surface area contributed by atoms with E-state index in [1.807, 2.05) is 0 Å². The van der Waals surface area contributed by atoms with Crippen LogP contribution in [-0.2, 0) is 6.54 Å². The zero-order valence-corrected chi connectivity index (χ0v) is 15.6. The van der Waals surface area contributed by atoms with Gasteiger partial charge < -0.3 is 20.9 Å². The van der Waals surface area contributed by atoms with Crippen molar-refractivity contribution in [3.8, 4) is 0 Å². The van der Waals surface area contributed by atoms with Crippen LogP contribution in [0.2, 0.25) is 5.02 Å². The van der Waals surface area contributed by atoms with E-state index in [1.165, 1.54) is 0 Å². The molecule has 3 rings (SSSR count). The monoisotopic (exact) mass is 391 g/mol. The predicted molar refractivity (Wildman–Crippen MR) is 102 cm³/mol. The summed E-state index contributed by atoms with van der Waals surface area (Å²) in [7, 11) is 0. The van der Waals surface area contributed by atoms with Crippen molar-refractivity contribution in [1.82, 2.24) is 24.8 Å². The van der Waals surface area contributed by atoms with Crippen molar-refractivity contribution in [2.45, 2.75) is 13.0 Å². The van der Waals surface area contributed by atoms with Crippen molar-refractivity contribution in [2.75, 3.05) is 38.0 Å². The number of benzene rings is 1. The highest BCUT2D eigenvalue weighted by atomic mass is 35.5. The Morgan fingerprint density at radius 2 is 1.81 bits per heavy atom. The van der Waals surface area contributed by atoms with Gasteiger partial charge in [0.05, 0.1) is 12.7 Å². The molecule has 1 aliphatic heterocycles. The van der Waals surface area contributed by atoms with Crippen LogP contribution in [0.1, 0.15) is 16.9 Å². The Morgan fingerprint density at radius 3 is 2.56 bits per heavy atom. The van der Waals surface area contributed by atoms with Crippen LogP contribution in [0.4, 0.5) is 10.5 Å². The van der Waals surface area contributed by atoms with Crippen molar-refractivity contribution in [1.29, 1.82) is 0 Å². The molecule has 0 spiro atoms. The van der Waals surface area contributed by atoms with Gasteiger partial charge in [-0.15, -0.1) is 5.10 Å². The molecule has 3 N–H and O–H groups in total. The summed E-state index contributed by atoms with van der Waals surface area (Å²) in [5, 5.41) is 11.3. The molecule has 1 fully saturated rings. The van der Waals surface area contributed by atoms with Gasteiger partial charge >= 0.3 is 6.03 Å². The van der Waals surface area contributed by atoms with Crippen LogP contribution in [0.5, 0.6) is 0 Å². The van der Waals surface area contributed by atoms with Gasteiger partial charge in [0, 0.05) is 43.4 Å². The highest BCUT2D eigenvalue weighted by Crippen LogP contribution is 2.15. The smallest absolute Gasteiger partial charge is 0.321 e. The van der Waals surface area contributed by atoms with Crippen LogP contribution in [0.15, 0.2) is 30.5 Å². The van der Waals surface area contributed by atoms with Crippen molar-refractivity contribution >= 4 is 29.2 Å². The van der Waals surface area contributed by atoms with Gasteiger partial charge in [0.15, 0.2) is 5.69 Å². The van der Waals surface area contributed by atoms with E-state index < -0.39 is 0 Å². The minimum Gasteiger partial charge on any atom is -0.335 e. The Labute approximate surface area is 162 Å². The summed E-state index contributed by atoms with van der Waals surface area (Å²) in [5.74, 6) is -0.182. The molecule has 1 saturated heterocycles. The van der Waals surface area contributed by atoms with E-state index >= 15 is 0 Å². The first-order chi connectivity index (χ1) is 13.1. The number of rotatable bonds is 4. The zero-order chi connectivity index (χ0) is 19.2. The van der Waals surface area contributed by atoms with E-state index in [1.54, 1.807) is 44.9 Å². The summed E-state index contributed by atoms with van der Waals surface area (Å²) >= 11 is 5.86. The molecule has 0 radical (unpaired) electrons. The predicted octanol–water partition coefficient (Wildman–Crippen LogP) is 1.27. The van der Waals surface area contributed by atoms with Gasteiger partial charge in [-0.2, -0.15) is 0 Å². The fourth-order valence-corrected chi connectivity index (χ4v) is 2.99. The number of carbonyl (C=O) groups is 2. The maximum Gasteiger partial charge on any atom is 0.321 e. The quantitative estimate of drug-likeness (QED) is 0.815. The molecular formula is C17H22ClN7O2. The van der Waals surface area contributed by atoms with E-state index in [9.17, 15) is 9.59 Å². The summed E-state index contributed by atoms with van der Waals surface area (Å²) in [5.41, 5.74) is 6.45. The molecular weight excluding hydrogens is 370 g/mol. The lowest BCUT2D eigenvalue weighted by molar-refractivity contribution is 0.0756. The van der Waals surface area contributed by atoms with E-state index in [0.29, 0.717) is 62.1 Å². The summed E-state index contributed by atoms with van der Waals surface area (Å²) in [6.07, 6.45) is 2.29. The lowest BCUT2D eigenvalue weighted by Gasteiger charge is -2.22. The van der Waals surface area contributed by atoms with Crippen molar-refractivity contribution in [3.05, 3.63) is 41.2 Å². The number of carbonyl (C=O) groups excluding carboxylic acids is 2. The summed E-state index contributed by atoms with van der Waals surface area (Å²) in [6, 6.07) is 6.74. The van der Waals surface area contributed by atoms with E-state index in [-0.39, 0.29) is 11.9 Å². The molecule has 27 heavy (non-hydrogen) atoms. The van der Waals surface area contributed by atoms with Crippen molar-refractivity contribution in [3.63, 3.8) is 0 Å². The second kappa shape index (κ2) is 8.83. The Hall–Kier alpha value is -2.65. The number of urea groups is 1. The second-order valence-corrected chi connectivity index (χ2v) is 6.66. The SMILES string of the molecule is NCCn1cc(C(=O)N2CCCN(C(=O)Nc3ccc(Cl)cc3)CC2)nn1. The molecule has 0 bridgehead atoms. The fraction of sp³-hybridized carbons (Fsp3) is 0.412. The number of halogens is 1. The first-order valence-electron chi connectivity index (χ1n) is 8.78. The standard InChI is InChI=1S/C17H22ClN7O2/c18-13-2-4-14(5-3-13)20-17(27)24-8-1-7-23(10-11-24)16(26)15-12-25(9-6-19)22-21-15/h2-5,12H,1,6-11,19H2,(H,20,27). The highest BCUT2D eigenvalue weighted by Gasteiger charge is 2.24. The molecule has 0 saturated carbocycles. The first kappa shape index (κ1) is 19.1. The van der Waals surface area contributed by atoms with Gasteiger partial charge in [-0.3, -0.25) is 9.48 Å². The molecule has 10 heteroatoms. The average Bonchev–Trinajstić information content (AvgIpc) is 2.98. The van der Waals surface area contributed by atoms with Crippen LogP contribution >= 0.6 is 11.6 Å². The lowest BCUT2D eigenvalue weighted by atomic mass is 10.3. The maximum absolute atomic E-state index is 12.6. The molecule has 2 heterocycles. The highest BCUT2D eigenvalue weighted by molar-refractivity contribution is 6.30. The molecule has 144 valence electrons. The molecule has 2 aromatic rings. The Bertz CT molecular complexity index is 793. The van der Waals surface area contributed by atoms with Crippen LogP contribution in [-0.4, -0.2) is 69.5 Å². The molecule has 1 aromatic heterocycles. The van der Waals surface area contributed by atoms with Gasteiger partial charge in [0.25, 0.3) is 5.91 Å². The average molecular weight is 392 g/mol. The van der Waals surface area contributed by atoms with Gasteiger partial charge in [0.1, 0.15) is 0 Å². The number of amides is 3. The van der Waals surface area contributed by atoms with Gasteiger partial charge in [-0.05, 0) is 30.7 Å². The molecule has 1 aliphatic rings. The lowest BCUT2D eigenvalue weighted by Crippen LogP contribution is -2.39. The van der Waals surface area contributed by atoms with E-state index in [2.05, 4.69) is 15.6 Å². The van der Waals surface area contributed by atoms with Gasteiger partial charge in [0.2, 0.25) is 0 Å². The maximum atomic E-state index is 12.6. The fourth-order valence-electron chi connectivity index (χ4n) is 2.86. The second-order valence-electron chi connectivity index (χ2n) is 6.23. The topological polar surface area (TPSA) is 109 Å². The summed E-state index contributed by atoms with van der Waals surface area (Å²) < 4.78 is 1.55. The zero-order valence-electron chi connectivity index (χ0n) is 14.8. The molecule has 0 aliphatic carbocycles. The van der Waals surface area contributed by atoms with Crippen LogP contribution in [0.25, 0.3) is 0 Å². The van der Waals surface area contributed by atoms with E-state index in [4.69, 9.17) is 17.3 Å². The molecule has 0 atom stereocenters. The third-order valence-electron chi connectivity index (χ3n) is 4.28. The largest absolute Gasteiger partial charge is 0.335 e. The van der Waals surface area contributed by atoms with Crippen LogP contribution in [0, 0.1) is 0 Å². The Morgan fingerprint density at radius 1 is 1.11 bits per heavy atom. The minimum atomic E-state index is -0.194. The first-order valence-corrected chi connectivity index (χ1v) is 9.15. The Balaban J connectivity index is 1.56. The molecule has 3 amide bonds. The van der Waals surface area contributed by atoms with Crippen LogP contribution in [0.3, 0.4) is 0 Å². The van der Waals surface area contributed by atoms with Gasteiger partial charge in [-0.25, -0.2) is 4.79 Å². The number of hydrogen-bond donors (Lipinski definition) is 2. The summed E-state index contributed by atoms with van der Waals surface area (Å²) in [4.78, 5) is 28.5. The molecule has 0 unspecified atom stereocenters. The number of nitrogens with two attached hydrogens (primary N) is 1. The number of hydrogen-bond acceptors (Lipinski definition) is 5. The number of anilines is 1. The van der Waals surface area contributed by atoms with Gasteiger partial charge in [-0.1, -0.05) is 16.8 Å². The van der Waals surface area contributed by atoms with Crippen molar-refractivity contribution < 1.29 is 9.59 Å². The third kappa shape index (κ3) is 4.95. The minimum absolute atomic E-state index is 0.182. The normalized spacial score (nSPS) is 14.7. The number of aromatic nitrogens is 3. The summed E-state index contributed by atoms with van der Waals surface area (Å²) in [6.45, 7) is 2.96. The van der Waals surface area contributed by atoms with Crippen molar-refractivity contribution in [2.24, 2.45) is 5.73 Å². The third-order valence-corrected chi connectivity index (χ3v) is 4.53. The molecule has 9 nitrogen and oxygen atoms in total. The Kier molecular flexibility index (Phi) is 6.25. The number of nitrogens with one attached hydrogen (secondary N) is 1. The van der Waals surface area contributed by atoms with Crippen LogP contribution < -0.4 is 11.1 Å².